The van der Waals surface area contributed by atoms with Gasteiger partial charge in [0.15, 0.2) is 11.6 Å². The topological polar surface area (TPSA) is 51.8 Å². The van der Waals surface area contributed by atoms with Gasteiger partial charge in [-0.05, 0) is 63.4 Å². The molecule has 6 aromatic carbocycles. The van der Waals surface area contributed by atoms with Gasteiger partial charge in [0, 0.05) is 27.8 Å². The van der Waals surface area contributed by atoms with Gasteiger partial charge in [-0.25, -0.2) is 15.0 Å². The summed E-state index contributed by atoms with van der Waals surface area (Å²) in [5.74, 6) is 2.13. The fourth-order valence-corrected chi connectivity index (χ4v) is 6.63. The molecule has 0 N–H and O–H groups in total. The number of nitrogens with zero attached hydrogens (tertiary/aromatic N) is 3. The Morgan fingerprint density at radius 1 is 0.556 bits per heavy atom. The van der Waals surface area contributed by atoms with Gasteiger partial charge in [0.25, 0.3) is 0 Å². The van der Waals surface area contributed by atoms with Crippen molar-refractivity contribution < 1.29 is 4.42 Å². The van der Waals surface area contributed by atoms with E-state index in [0.717, 1.165) is 61.8 Å². The fraction of sp³-hybridized carbons (Fsp3) is 0.0488. The summed E-state index contributed by atoms with van der Waals surface area (Å²) < 4.78 is 6.36. The average Bonchev–Trinajstić information content (AvgIpc) is 3.50. The molecular formula is C41H27N3O. The van der Waals surface area contributed by atoms with Crippen LogP contribution < -0.4 is 0 Å². The Morgan fingerprint density at radius 2 is 1.33 bits per heavy atom. The van der Waals surface area contributed by atoms with E-state index >= 15 is 0 Å². The number of aromatic nitrogens is 3. The number of allylic oxidation sites excluding steroid dienone is 4. The van der Waals surface area contributed by atoms with Crippen LogP contribution in [0.1, 0.15) is 18.2 Å². The normalized spacial score (nSPS) is 14.6. The highest BCUT2D eigenvalue weighted by atomic mass is 16.3. The van der Waals surface area contributed by atoms with E-state index in [-0.39, 0.29) is 5.92 Å². The quantitative estimate of drug-likeness (QED) is 0.195. The summed E-state index contributed by atoms with van der Waals surface area (Å²) in [5.41, 5.74) is 5.73. The van der Waals surface area contributed by atoms with E-state index in [1.807, 2.05) is 18.2 Å². The Hall–Kier alpha value is -5.87. The Kier molecular flexibility index (Phi) is 5.91. The van der Waals surface area contributed by atoms with Gasteiger partial charge in [-0.3, -0.25) is 0 Å². The molecule has 1 atom stereocenters. The summed E-state index contributed by atoms with van der Waals surface area (Å²) in [6.45, 7) is 0. The summed E-state index contributed by atoms with van der Waals surface area (Å²) in [6, 6.07) is 42.3. The molecule has 1 aliphatic rings. The molecule has 45 heavy (non-hydrogen) atoms. The molecule has 0 bridgehead atoms. The second-order valence-corrected chi connectivity index (χ2v) is 11.5. The first kappa shape index (κ1) is 25.6. The Balaban J connectivity index is 1.33. The molecule has 0 saturated heterocycles. The van der Waals surface area contributed by atoms with Gasteiger partial charge in [0.05, 0.1) is 0 Å². The summed E-state index contributed by atoms with van der Waals surface area (Å²) in [7, 11) is 0. The summed E-state index contributed by atoms with van der Waals surface area (Å²) in [5, 5.41) is 6.90. The van der Waals surface area contributed by atoms with Crippen LogP contribution >= 0.6 is 0 Å². The molecule has 9 rings (SSSR count). The van der Waals surface area contributed by atoms with Crippen LogP contribution in [0.25, 0.3) is 77.4 Å². The average molecular weight is 578 g/mol. The third-order valence-corrected chi connectivity index (χ3v) is 8.82. The van der Waals surface area contributed by atoms with E-state index in [9.17, 15) is 0 Å². The van der Waals surface area contributed by atoms with Crippen molar-refractivity contribution in [1.29, 1.82) is 0 Å². The number of fused-ring (bicyclic) bond motifs is 6. The maximum atomic E-state index is 6.36. The number of furan rings is 1. The molecular weight excluding hydrogens is 550 g/mol. The minimum absolute atomic E-state index is 0.0559. The first-order valence-electron chi connectivity index (χ1n) is 15.3. The van der Waals surface area contributed by atoms with Crippen LogP contribution in [0.2, 0.25) is 0 Å². The molecule has 1 aliphatic carbocycles. The van der Waals surface area contributed by atoms with Crippen LogP contribution in [-0.4, -0.2) is 15.0 Å². The summed E-state index contributed by atoms with van der Waals surface area (Å²) in [6.07, 6.45) is 9.36. The predicted molar refractivity (Wildman–Crippen MR) is 184 cm³/mol. The lowest BCUT2D eigenvalue weighted by Gasteiger charge is -2.16. The summed E-state index contributed by atoms with van der Waals surface area (Å²) in [4.78, 5) is 15.6. The Labute approximate surface area is 260 Å². The molecule has 0 saturated carbocycles. The molecule has 0 spiro atoms. The zero-order valence-electron chi connectivity index (χ0n) is 24.4. The Bertz CT molecular complexity index is 2470. The van der Waals surface area contributed by atoms with Crippen LogP contribution in [0.3, 0.4) is 0 Å². The van der Waals surface area contributed by atoms with Gasteiger partial charge < -0.3 is 4.42 Å². The van der Waals surface area contributed by atoms with Crippen LogP contribution in [0, 0.1) is 0 Å². The third-order valence-electron chi connectivity index (χ3n) is 8.82. The lowest BCUT2D eigenvalue weighted by atomic mass is 9.94. The van der Waals surface area contributed by atoms with Gasteiger partial charge >= 0.3 is 0 Å². The van der Waals surface area contributed by atoms with Gasteiger partial charge in [-0.15, -0.1) is 0 Å². The van der Waals surface area contributed by atoms with Crippen LogP contribution in [0.5, 0.6) is 0 Å². The van der Waals surface area contributed by atoms with Gasteiger partial charge in [-0.1, -0.05) is 121 Å². The number of para-hydroxylation sites is 1. The minimum Gasteiger partial charge on any atom is -0.456 e. The van der Waals surface area contributed by atoms with E-state index in [4.69, 9.17) is 19.4 Å². The molecule has 8 aromatic rings. The van der Waals surface area contributed by atoms with E-state index in [1.165, 1.54) is 16.2 Å². The maximum Gasteiger partial charge on any atom is 0.165 e. The van der Waals surface area contributed by atoms with Gasteiger partial charge in [-0.2, -0.15) is 0 Å². The van der Waals surface area contributed by atoms with Crippen molar-refractivity contribution in [2.24, 2.45) is 0 Å². The van der Waals surface area contributed by atoms with Crippen molar-refractivity contribution >= 4 is 43.5 Å². The lowest BCUT2D eigenvalue weighted by Crippen LogP contribution is -2.08. The smallest absolute Gasteiger partial charge is 0.165 e. The second kappa shape index (κ2) is 10.4. The molecule has 2 heterocycles. The van der Waals surface area contributed by atoms with E-state index < -0.39 is 0 Å². The highest BCUT2D eigenvalue weighted by Crippen LogP contribution is 2.42. The molecule has 2 aromatic heterocycles. The van der Waals surface area contributed by atoms with Crippen molar-refractivity contribution in [2.75, 3.05) is 0 Å². The molecule has 4 heteroatoms. The number of rotatable bonds is 4. The molecule has 4 nitrogen and oxygen atoms in total. The van der Waals surface area contributed by atoms with Crippen molar-refractivity contribution in [3.63, 3.8) is 0 Å². The molecule has 0 amide bonds. The fourth-order valence-electron chi connectivity index (χ4n) is 6.63. The van der Waals surface area contributed by atoms with E-state index in [2.05, 4.69) is 127 Å². The van der Waals surface area contributed by atoms with Crippen molar-refractivity contribution in [3.8, 4) is 33.9 Å². The van der Waals surface area contributed by atoms with Gasteiger partial charge in [0.2, 0.25) is 0 Å². The van der Waals surface area contributed by atoms with Crippen LogP contribution in [0.15, 0.2) is 150 Å². The highest BCUT2D eigenvalue weighted by molar-refractivity contribution is 6.15. The molecule has 1 unspecified atom stereocenters. The van der Waals surface area contributed by atoms with Crippen molar-refractivity contribution in [1.82, 2.24) is 15.0 Å². The van der Waals surface area contributed by atoms with Crippen molar-refractivity contribution in [2.45, 2.75) is 12.3 Å². The minimum atomic E-state index is 0.0559. The lowest BCUT2D eigenvalue weighted by molar-refractivity contribution is 0.669. The third kappa shape index (κ3) is 4.34. The standard InChI is InChI=1S/C41H27N3O/c1-3-11-26(12-4-1)33-23-24-36-37(34-17-9-10-18-35(34)45-36)38(33)41-43-39(28-14-5-2-6-15-28)42-40(44-41)30-21-22-32-29(25-30)20-19-27-13-7-8-16-31(27)32/h1-14,16-25,28H,15H2. The molecule has 0 radical (unpaired) electrons. The molecule has 0 aliphatic heterocycles. The largest absolute Gasteiger partial charge is 0.456 e. The van der Waals surface area contributed by atoms with Crippen LogP contribution in [0.4, 0.5) is 0 Å². The van der Waals surface area contributed by atoms with Crippen LogP contribution in [-0.2, 0) is 0 Å². The molecule has 0 fully saturated rings. The Morgan fingerprint density at radius 3 is 2.22 bits per heavy atom. The van der Waals surface area contributed by atoms with Gasteiger partial charge in [0.1, 0.15) is 17.0 Å². The summed E-state index contributed by atoms with van der Waals surface area (Å²) >= 11 is 0. The molecule has 212 valence electrons. The monoisotopic (exact) mass is 577 g/mol. The highest BCUT2D eigenvalue weighted by Gasteiger charge is 2.23. The van der Waals surface area contributed by atoms with Crippen molar-refractivity contribution in [3.05, 3.63) is 151 Å². The zero-order chi connectivity index (χ0) is 29.7. The first-order valence-corrected chi connectivity index (χ1v) is 15.3. The zero-order valence-corrected chi connectivity index (χ0v) is 24.4. The number of hydrogen-bond donors (Lipinski definition) is 0. The maximum absolute atomic E-state index is 6.36. The second-order valence-electron chi connectivity index (χ2n) is 11.5. The number of benzene rings is 6. The SMILES string of the molecule is C1=CCC(c2nc(-c3ccc4c(ccc5ccccc54)c3)nc(-c3c(-c4ccccc4)ccc4oc5ccccc5c34)n2)C=C1. The first-order chi connectivity index (χ1) is 22.3. The predicted octanol–water partition coefficient (Wildman–Crippen LogP) is 10.7. The number of hydrogen-bond acceptors (Lipinski definition) is 4. The van der Waals surface area contributed by atoms with E-state index in [0.29, 0.717) is 11.6 Å². The van der Waals surface area contributed by atoms with E-state index in [1.54, 1.807) is 0 Å².